The topological polar surface area (TPSA) is 141 Å². The summed E-state index contributed by atoms with van der Waals surface area (Å²) in [6, 6.07) is 19.4. The van der Waals surface area contributed by atoms with Crippen molar-refractivity contribution in [3.05, 3.63) is 95.9 Å². The minimum atomic E-state index is -3.67. The van der Waals surface area contributed by atoms with E-state index in [-0.39, 0.29) is 5.91 Å². The van der Waals surface area contributed by atoms with Crippen molar-refractivity contribution in [2.45, 2.75) is 19.9 Å². The number of aromatic nitrogens is 3. The molecule has 0 atom stereocenters. The lowest BCUT2D eigenvalue weighted by Gasteiger charge is -2.20. The van der Waals surface area contributed by atoms with Gasteiger partial charge in [-0.05, 0) is 87.1 Å². The number of pyridine rings is 1. The van der Waals surface area contributed by atoms with Crippen LogP contribution in [0.15, 0.2) is 79.3 Å². The summed E-state index contributed by atoms with van der Waals surface area (Å²) in [5.74, 6) is 0.335. The molecule has 2 aromatic heterocycles. The highest BCUT2D eigenvalue weighted by atomic mass is 32.2. The van der Waals surface area contributed by atoms with Crippen LogP contribution >= 0.6 is 0 Å². The van der Waals surface area contributed by atoms with Crippen LogP contribution in [-0.2, 0) is 16.7 Å². The lowest BCUT2D eigenvalue weighted by atomic mass is 10.1. The maximum Gasteiger partial charge on any atom is 0.261 e. The number of likely N-dealkylation sites (N-methyl/N-ethyl adjacent to an activating group) is 1. The molecule has 1 aliphatic heterocycles. The van der Waals surface area contributed by atoms with Crippen molar-refractivity contribution in [2.24, 2.45) is 0 Å². The highest BCUT2D eigenvalue weighted by molar-refractivity contribution is 7.85. The third-order valence-corrected chi connectivity index (χ3v) is 6.79. The SMILES string of the molecule is CS(=O)(=O)O.Cc1ccc(Nc2nccc(-c3cccnc3)n2)cc1NC(=O)c1ccc(CN2CCCN(C)CC2)cc1. The van der Waals surface area contributed by atoms with Crippen molar-refractivity contribution < 1.29 is 17.8 Å². The summed E-state index contributed by atoms with van der Waals surface area (Å²) in [5.41, 5.74) is 6.05. The van der Waals surface area contributed by atoms with Gasteiger partial charge in [0.1, 0.15) is 0 Å². The summed E-state index contributed by atoms with van der Waals surface area (Å²) in [7, 11) is -1.49. The van der Waals surface area contributed by atoms with E-state index < -0.39 is 10.1 Å². The molecule has 0 radical (unpaired) electrons. The molecular weight excluding hydrogens is 566 g/mol. The van der Waals surface area contributed by atoms with Crippen LogP contribution in [0.25, 0.3) is 11.3 Å². The zero-order valence-electron chi connectivity index (χ0n) is 24.6. The van der Waals surface area contributed by atoms with E-state index in [4.69, 9.17) is 4.55 Å². The van der Waals surface area contributed by atoms with Crippen LogP contribution in [0.2, 0.25) is 0 Å². The largest absolute Gasteiger partial charge is 0.324 e. The lowest BCUT2D eigenvalue weighted by Crippen LogP contribution is -2.28. The Balaban J connectivity index is 0.000000782. The summed E-state index contributed by atoms with van der Waals surface area (Å²) >= 11 is 0. The molecule has 1 saturated heterocycles. The number of hydrogen-bond acceptors (Lipinski definition) is 9. The first kappa shape index (κ1) is 31.7. The van der Waals surface area contributed by atoms with Crippen LogP contribution in [0.4, 0.5) is 17.3 Å². The number of nitrogens with one attached hydrogen (secondary N) is 2. The van der Waals surface area contributed by atoms with Crippen molar-refractivity contribution >= 4 is 33.3 Å². The molecule has 3 N–H and O–H groups in total. The minimum absolute atomic E-state index is 0.136. The first-order valence-corrected chi connectivity index (χ1v) is 15.7. The van der Waals surface area contributed by atoms with E-state index in [0.717, 1.165) is 60.9 Å². The fourth-order valence-electron chi connectivity index (χ4n) is 4.53. The molecule has 1 fully saturated rings. The van der Waals surface area contributed by atoms with Gasteiger partial charge in [0.2, 0.25) is 5.95 Å². The Hall–Kier alpha value is -4.23. The second-order valence-electron chi connectivity index (χ2n) is 10.5. The average molecular weight is 604 g/mol. The third kappa shape index (κ3) is 10.5. The molecule has 0 unspecified atom stereocenters. The van der Waals surface area contributed by atoms with Gasteiger partial charge in [0.25, 0.3) is 16.0 Å². The Morgan fingerprint density at radius 2 is 1.77 bits per heavy atom. The molecule has 5 rings (SSSR count). The minimum Gasteiger partial charge on any atom is -0.324 e. The second-order valence-corrected chi connectivity index (χ2v) is 11.9. The second kappa shape index (κ2) is 14.8. The summed E-state index contributed by atoms with van der Waals surface area (Å²) in [6.07, 6.45) is 7.12. The number of rotatable bonds is 7. The van der Waals surface area contributed by atoms with Crippen LogP contribution in [0.1, 0.15) is 27.9 Å². The van der Waals surface area contributed by atoms with Crippen LogP contribution in [-0.4, -0.2) is 83.1 Å². The van der Waals surface area contributed by atoms with Crippen LogP contribution in [0.3, 0.4) is 0 Å². The number of anilines is 3. The highest BCUT2D eigenvalue weighted by Gasteiger charge is 2.14. The molecule has 1 amide bonds. The van der Waals surface area contributed by atoms with Gasteiger partial charge in [-0.15, -0.1) is 0 Å². The summed E-state index contributed by atoms with van der Waals surface area (Å²) in [4.78, 5) is 31.0. The Kier molecular flexibility index (Phi) is 10.9. The zero-order valence-corrected chi connectivity index (χ0v) is 25.4. The van der Waals surface area contributed by atoms with Gasteiger partial charge in [-0.3, -0.25) is 19.2 Å². The molecule has 0 aliphatic carbocycles. The third-order valence-electron chi connectivity index (χ3n) is 6.79. The van der Waals surface area contributed by atoms with Crippen LogP contribution < -0.4 is 10.6 Å². The predicted octanol–water partition coefficient (Wildman–Crippen LogP) is 4.48. The van der Waals surface area contributed by atoms with Gasteiger partial charge in [0.15, 0.2) is 0 Å². The molecular formula is C31H37N7O4S. The number of amides is 1. The van der Waals surface area contributed by atoms with E-state index in [1.54, 1.807) is 18.6 Å². The number of aryl methyl sites for hydroxylation is 1. The van der Waals surface area contributed by atoms with Crippen LogP contribution in [0.5, 0.6) is 0 Å². The van der Waals surface area contributed by atoms with Crippen molar-refractivity contribution in [1.82, 2.24) is 24.8 Å². The summed E-state index contributed by atoms with van der Waals surface area (Å²) < 4.78 is 25.9. The van der Waals surface area contributed by atoms with E-state index in [0.29, 0.717) is 17.8 Å². The van der Waals surface area contributed by atoms with Gasteiger partial charge in [0, 0.05) is 60.7 Å². The van der Waals surface area contributed by atoms with E-state index in [9.17, 15) is 13.2 Å². The van der Waals surface area contributed by atoms with Crippen molar-refractivity contribution in [3.8, 4) is 11.3 Å². The molecule has 4 aromatic rings. The summed E-state index contributed by atoms with van der Waals surface area (Å²) in [5, 5.41) is 6.31. The summed E-state index contributed by atoms with van der Waals surface area (Å²) in [6.45, 7) is 7.30. The molecule has 0 spiro atoms. The van der Waals surface area contributed by atoms with Crippen LogP contribution in [0, 0.1) is 6.92 Å². The average Bonchev–Trinajstić information content (AvgIpc) is 3.18. The van der Waals surface area contributed by atoms with Crippen molar-refractivity contribution in [2.75, 3.05) is 50.1 Å². The molecule has 226 valence electrons. The molecule has 3 heterocycles. The normalized spacial score (nSPS) is 14.2. The van der Waals surface area contributed by atoms with Gasteiger partial charge in [-0.25, -0.2) is 9.97 Å². The Labute approximate surface area is 252 Å². The first-order valence-electron chi connectivity index (χ1n) is 13.9. The molecule has 0 bridgehead atoms. The maximum absolute atomic E-state index is 13.0. The molecule has 12 heteroatoms. The number of hydrogen-bond donors (Lipinski definition) is 3. The van der Waals surface area contributed by atoms with E-state index in [1.165, 1.54) is 12.0 Å². The molecule has 1 aliphatic rings. The smallest absolute Gasteiger partial charge is 0.261 e. The lowest BCUT2D eigenvalue weighted by molar-refractivity contribution is 0.102. The van der Waals surface area contributed by atoms with Crippen molar-refractivity contribution in [1.29, 1.82) is 0 Å². The van der Waals surface area contributed by atoms with Crippen molar-refractivity contribution in [3.63, 3.8) is 0 Å². The maximum atomic E-state index is 13.0. The monoisotopic (exact) mass is 603 g/mol. The number of carbonyl (C=O) groups excluding carboxylic acids is 1. The van der Waals surface area contributed by atoms with Gasteiger partial charge >= 0.3 is 0 Å². The zero-order chi connectivity index (χ0) is 30.8. The fourth-order valence-corrected chi connectivity index (χ4v) is 4.53. The van der Waals surface area contributed by atoms with E-state index >= 15 is 0 Å². The number of nitrogens with zero attached hydrogens (tertiary/aromatic N) is 5. The van der Waals surface area contributed by atoms with Gasteiger partial charge in [0.05, 0.1) is 11.9 Å². The molecule has 43 heavy (non-hydrogen) atoms. The Morgan fingerprint density at radius 3 is 2.49 bits per heavy atom. The van der Waals surface area contributed by atoms with E-state index in [1.807, 2.05) is 55.5 Å². The van der Waals surface area contributed by atoms with Gasteiger partial charge in [-0.1, -0.05) is 18.2 Å². The molecule has 0 saturated carbocycles. The van der Waals surface area contributed by atoms with Gasteiger partial charge in [-0.2, -0.15) is 8.42 Å². The fraction of sp³-hybridized carbons (Fsp3) is 0.290. The molecule has 2 aromatic carbocycles. The highest BCUT2D eigenvalue weighted by Crippen LogP contribution is 2.24. The predicted molar refractivity (Wildman–Crippen MR) is 169 cm³/mol. The van der Waals surface area contributed by atoms with Gasteiger partial charge < -0.3 is 15.5 Å². The van der Waals surface area contributed by atoms with E-state index in [2.05, 4.69) is 54.6 Å². The molecule has 11 nitrogen and oxygen atoms in total. The Bertz CT molecular complexity index is 1610. The Morgan fingerprint density at radius 1 is 1.00 bits per heavy atom. The number of carbonyl (C=O) groups is 1. The number of benzene rings is 2. The standard InChI is InChI=1S/C30H33N7O.CH4O3S/c1-22-6-11-26(33-30-32-14-12-27(35-30)25-5-3-13-31-20-25)19-28(22)34-29(38)24-9-7-23(8-10-24)21-37-16-4-15-36(2)17-18-37;1-5(2,3)4/h3,5-14,19-20H,4,15-18,21H2,1-2H3,(H,34,38)(H,32,33,35);1H3,(H,2,3,4). The first-order chi connectivity index (χ1) is 20.5. The quantitative estimate of drug-likeness (QED) is 0.259.